The van der Waals surface area contributed by atoms with E-state index in [-0.39, 0.29) is 36.0 Å². The first-order chi connectivity index (χ1) is 10.0. The lowest BCUT2D eigenvalue weighted by atomic mass is 9.92. The predicted octanol–water partition coefficient (Wildman–Crippen LogP) is 2.87. The van der Waals surface area contributed by atoms with Crippen LogP contribution < -0.4 is 10.5 Å². The second kappa shape index (κ2) is 8.56. The predicted molar refractivity (Wildman–Crippen MR) is 87.1 cm³/mol. The fourth-order valence-corrected chi connectivity index (χ4v) is 2.77. The van der Waals surface area contributed by atoms with E-state index in [9.17, 15) is 9.18 Å². The molecule has 7 heteroatoms. The third kappa shape index (κ3) is 4.73. The van der Waals surface area contributed by atoms with Crippen molar-refractivity contribution in [3.63, 3.8) is 0 Å². The number of ether oxygens (including phenoxy) is 1. The second-order valence-corrected chi connectivity index (χ2v) is 5.88. The van der Waals surface area contributed by atoms with Gasteiger partial charge in [-0.15, -0.1) is 12.4 Å². The Morgan fingerprint density at radius 3 is 2.91 bits per heavy atom. The number of nitrogens with zero attached hydrogens (tertiary/aromatic N) is 1. The van der Waals surface area contributed by atoms with Crippen molar-refractivity contribution in [1.82, 2.24) is 4.90 Å². The summed E-state index contributed by atoms with van der Waals surface area (Å²) in [6, 6.07) is 4.10. The number of piperidine rings is 1. The lowest BCUT2D eigenvalue weighted by molar-refractivity contribution is -0.137. The van der Waals surface area contributed by atoms with E-state index in [0.29, 0.717) is 24.8 Å². The minimum atomic E-state index is -0.511. The molecule has 0 spiro atoms. The Balaban J connectivity index is 0.00000242. The molecule has 2 unspecified atom stereocenters. The molecule has 0 radical (unpaired) electrons. The molecule has 4 nitrogen and oxygen atoms in total. The summed E-state index contributed by atoms with van der Waals surface area (Å²) >= 11 is 5.67. The Morgan fingerprint density at radius 1 is 1.55 bits per heavy atom. The highest BCUT2D eigenvalue weighted by atomic mass is 35.5. The monoisotopic (exact) mass is 350 g/mol. The maximum Gasteiger partial charge on any atom is 0.260 e. The number of likely N-dealkylation sites (tertiary alicyclic amines) is 1. The van der Waals surface area contributed by atoms with Crippen molar-refractivity contribution in [2.45, 2.75) is 25.8 Å². The molecule has 2 N–H and O–H groups in total. The van der Waals surface area contributed by atoms with Crippen LogP contribution in [0.5, 0.6) is 5.75 Å². The van der Waals surface area contributed by atoms with Crippen LogP contribution in [-0.2, 0) is 4.79 Å². The minimum absolute atomic E-state index is 0. The van der Waals surface area contributed by atoms with Crippen LogP contribution in [0.3, 0.4) is 0 Å². The molecule has 1 saturated heterocycles. The maximum absolute atomic E-state index is 13.0. The second-order valence-electron chi connectivity index (χ2n) is 5.47. The highest BCUT2D eigenvalue weighted by Crippen LogP contribution is 2.23. The summed E-state index contributed by atoms with van der Waals surface area (Å²) in [6.07, 6.45) is 1.90. The lowest BCUT2D eigenvalue weighted by Crippen LogP contribution is -2.50. The first-order valence-corrected chi connectivity index (χ1v) is 7.46. The van der Waals surface area contributed by atoms with Crippen LogP contribution in [0.4, 0.5) is 4.39 Å². The molecule has 0 bridgehead atoms. The van der Waals surface area contributed by atoms with Crippen LogP contribution in [0.1, 0.15) is 19.8 Å². The van der Waals surface area contributed by atoms with Gasteiger partial charge in [-0.25, -0.2) is 4.39 Å². The molecule has 1 heterocycles. The van der Waals surface area contributed by atoms with Gasteiger partial charge in [-0.3, -0.25) is 4.79 Å². The van der Waals surface area contributed by atoms with Gasteiger partial charge in [0.25, 0.3) is 5.91 Å². The van der Waals surface area contributed by atoms with Crippen LogP contribution in [0.2, 0.25) is 5.02 Å². The quantitative estimate of drug-likeness (QED) is 0.908. The highest BCUT2D eigenvalue weighted by molar-refractivity contribution is 6.30. The molecular weight excluding hydrogens is 330 g/mol. The number of hydrogen-bond acceptors (Lipinski definition) is 3. The molecular formula is C15H21Cl2FN2O2. The molecule has 1 fully saturated rings. The van der Waals surface area contributed by atoms with E-state index in [0.717, 1.165) is 12.8 Å². The summed E-state index contributed by atoms with van der Waals surface area (Å²) in [6.45, 7) is 3.24. The number of benzene rings is 1. The summed E-state index contributed by atoms with van der Waals surface area (Å²) in [5, 5.41) is -0.0217. The summed E-state index contributed by atoms with van der Waals surface area (Å²) in [7, 11) is 0. The Labute approximate surface area is 141 Å². The molecule has 1 aliphatic rings. The standard InChI is InChI=1S/C15H20ClFN2O2.ClH/c1-10-4-5-19(11(6-10)8-18)15(20)9-21-12-2-3-14(17)13(16)7-12;/h2-3,7,10-11H,4-6,8-9,18H2,1H3;1H. The zero-order valence-corrected chi connectivity index (χ0v) is 14.0. The van der Waals surface area contributed by atoms with E-state index < -0.39 is 5.82 Å². The average Bonchev–Trinajstić information content (AvgIpc) is 2.48. The molecule has 22 heavy (non-hydrogen) atoms. The fraction of sp³-hybridized carbons (Fsp3) is 0.533. The zero-order chi connectivity index (χ0) is 15.4. The van der Waals surface area contributed by atoms with Gasteiger partial charge in [0.05, 0.1) is 5.02 Å². The summed E-state index contributed by atoms with van der Waals surface area (Å²) < 4.78 is 18.4. The van der Waals surface area contributed by atoms with Crippen molar-refractivity contribution < 1.29 is 13.9 Å². The fourth-order valence-electron chi connectivity index (χ4n) is 2.60. The van der Waals surface area contributed by atoms with E-state index in [1.165, 1.54) is 18.2 Å². The average molecular weight is 351 g/mol. The normalized spacial score (nSPS) is 21.2. The van der Waals surface area contributed by atoms with E-state index in [1.807, 2.05) is 0 Å². The Bertz CT molecular complexity index is 516. The molecule has 1 aliphatic heterocycles. The number of rotatable bonds is 4. The van der Waals surface area contributed by atoms with Crippen LogP contribution in [0.15, 0.2) is 18.2 Å². The van der Waals surface area contributed by atoms with Gasteiger partial charge < -0.3 is 15.4 Å². The third-order valence-corrected chi connectivity index (χ3v) is 4.11. The third-order valence-electron chi connectivity index (χ3n) is 3.82. The number of halogens is 3. The Kier molecular flexibility index (Phi) is 7.39. The van der Waals surface area contributed by atoms with Gasteiger partial charge in [0.2, 0.25) is 0 Å². The van der Waals surface area contributed by atoms with Gasteiger partial charge in [0.1, 0.15) is 11.6 Å². The van der Waals surface area contributed by atoms with E-state index in [1.54, 1.807) is 4.90 Å². The van der Waals surface area contributed by atoms with Gasteiger partial charge in [0, 0.05) is 25.2 Å². The van der Waals surface area contributed by atoms with Crippen molar-refractivity contribution in [3.05, 3.63) is 29.0 Å². The maximum atomic E-state index is 13.0. The Hall–Kier alpha value is -1.04. The topological polar surface area (TPSA) is 55.6 Å². The minimum Gasteiger partial charge on any atom is -0.484 e. The summed E-state index contributed by atoms with van der Waals surface area (Å²) in [5.74, 6) is 0.352. The molecule has 1 aromatic rings. The van der Waals surface area contributed by atoms with Crippen molar-refractivity contribution in [2.75, 3.05) is 19.7 Å². The first kappa shape index (κ1) is 19.0. The van der Waals surface area contributed by atoms with Gasteiger partial charge in [-0.05, 0) is 30.9 Å². The zero-order valence-electron chi connectivity index (χ0n) is 12.4. The molecule has 0 saturated carbocycles. The molecule has 0 aromatic heterocycles. The lowest BCUT2D eigenvalue weighted by Gasteiger charge is -2.37. The number of nitrogens with two attached hydrogens (primary N) is 1. The van der Waals surface area contributed by atoms with Gasteiger partial charge >= 0.3 is 0 Å². The molecule has 0 aliphatic carbocycles. The molecule has 1 amide bonds. The van der Waals surface area contributed by atoms with Crippen molar-refractivity contribution >= 4 is 29.9 Å². The van der Waals surface area contributed by atoms with Crippen molar-refractivity contribution in [1.29, 1.82) is 0 Å². The van der Waals surface area contributed by atoms with Crippen LogP contribution >= 0.6 is 24.0 Å². The number of carbonyl (C=O) groups excluding carboxylic acids is 1. The molecule has 1 aromatic carbocycles. The van der Waals surface area contributed by atoms with Gasteiger partial charge in [-0.1, -0.05) is 18.5 Å². The number of hydrogen-bond donors (Lipinski definition) is 1. The van der Waals surface area contributed by atoms with Crippen LogP contribution in [-0.4, -0.2) is 36.5 Å². The Morgan fingerprint density at radius 2 is 2.27 bits per heavy atom. The van der Waals surface area contributed by atoms with Crippen LogP contribution in [0, 0.1) is 11.7 Å². The summed E-state index contributed by atoms with van der Waals surface area (Å²) in [4.78, 5) is 14.0. The molecule has 2 rings (SSSR count). The van der Waals surface area contributed by atoms with E-state index >= 15 is 0 Å². The SMILES string of the molecule is CC1CCN(C(=O)COc2ccc(F)c(Cl)c2)C(CN)C1.Cl. The van der Waals surface area contributed by atoms with Crippen molar-refractivity contribution in [2.24, 2.45) is 11.7 Å². The van der Waals surface area contributed by atoms with Crippen LogP contribution in [0.25, 0.3) is 0 Å². The van der Waals surface area contributed by atoms with E-state index in [4.69, 9.17) is 22.1 Å². The number of carbonyl (C=O) groups is 1. The first-order valence-electron chi connectivity index (χ1n) is 7.08. The highest BCUT2D eigenvalue weighted by Gasteiger charge is 2.28. The largest absolute Gasteiger partial charge is 0.484 e. The van der Waals surface area contributed by atoms with Gasteiger partial charge in [0.15, 0.2) is 6.61 Å². The smallest absolute Gasteiger partial charge is 0.260 e. The number of amides is 1. The molecule has 124 valence electrons. The van der Waals surface area contributed by atoms with E-state index in [2.05, 4.69) is 6.92 Å². The van der Waals surface area contributed by atoms with Crippen molar-refractivity contribution in [3.8, 4) is 5.75 Å². The van der Waals surface area contributed by atoms with Gasteiger partial charge in [-0.2, -0.15) is 0 Å². The summed E-state index contributed by atoms with van der Waals surface area (Å²) in [5.41, 5.74) is 5.74. The molecule has 2 atom stereocenters.